The normalized spacial score (nSPS) is 18.8. The Kier molecular flexibility index (Phi) is 4.66. The van der Waals surface area contributed by atoms with Crippen LogP contribution >= 0.6 is 11.6 Å². The molecule has 0 radical (unpaired) electrons. The SMILES string of the molecule is Cc1[nH]nc(NC(=O)[C@@H]2CN(C)CCO2)c1-c1cccc(Cl)c1. The quantitative estimate of drug-likeness (QED) is 0.903. The molecule has 1 aromatic carbocycles. The number of benzene rings is 1. The Bertz CT molecular complexity index is 716. The highest BCUT2D eigenvalue weighted by molar-refractivity contribution is 6.30. The van der Waals surface area contributed by atoms with Crippen molar-refractivity contribution in [3.05, 3.63) is 35.0 Å². The molecule has 1 aliphatic rings. The maximum Gasteiger partial charge on any atom is 0.256 e. The number of aromatic amines is 1. The van der Waals surface area contributed by atoms with Gasteiger partial charge in [0.25, 0.3) is 5.91 Å². The summed E-state index contributed by atoms with van der Waals surface area (Å²) in [6, 6.07) is 7.46. The minimum Gasteiger partial charge on any atom is -0.366 e. The topological polar surface area (TPSA) is 70.2 Å². The van der Waals surface area contributed by atoms with E-state index in [1.54, 1.807) is 0 Å². The zero-order chi connectivity index (χ0) is 16.4. The number of anilines is 1. The second-order valence-corrected chi connectivity index (χ2v) is 6.13. The van der Waals surface area contributed by atoms with Crippen LogP contribution in [0.3, 0.4) is 0 Å². The fourth-order valence-electron chi connectivity index (χ4n) is 2.65. The van der Waals surface area contributed by atoms with Crippen molar-refractivity contribution in [2.45, 2.75) is 13.0 Å². The Hall–Kier alpha value is -1.89. The third-order valence-corrected chi connectivity index (χ3v) is 4.10. The van der Waals surface area contributed by atoms with Gasteiger partial charge in [-0.2, -0.15) is 5.10 Å². The van der Waals surface area contributed by atoms with Gasteiger partial charge in [-0.1, -0.05) is 23.7 Å². The molecule has 1 atom stereocenters. The lowest BCUT2D eigenvalue weighted by Crippen LogP contribution is -2.46. The first kappa shape index (κ1) is 16.0. The van der Waals surface area contributed by atoms with Crippen molar-refractivity contribution in [3.8, 4) is 11.1 Å². The first-order valence-corrected chi connectivity index (χ1v) is 7.84. The molecule has 2 N–H and O–H groups in total. The van der Waals surface area contributed by atoms with Gasteiger partial charge in [0, 0.05) is 29.4 Å². The summed E-state index contributed by atoms with van der Waals surface area (Å²) in [6.07, 6.45) is -0.488. The number of aryl methyl sites for hydroxylation is 1. The fraction of sp³-hybridized carbons (Fsp3) is 0.375. The minimum absolute atomic E-state index is 0.189. The summed E-state index contributed by atoms with van der Waals surface area (Å²) in [5, 5.41) is 10.6. The number of hydrogen-bond donors (Lipinski definition) is 2. The highest BCUT2D eigenvalue weighted by Gasteiger charge is 2.26. The van der Waals surface area contributed by atoms with Crippen LogP contribution in [0.5, 0.6) is 0 Å². The number of aromatic nitrogens is 2. The van der Waals surface area contributed by atoms with Crippen LogP contribution in [-0.2, 0) is 9.53 Å². The van der Waals surface area contributed by atoms with Crippen LogP contribution in [0, 0.1) is 6.92 Å². The van der Waals surface area contributed by atoms with E-state index in [9.17, 15) is 4.79 Å². The zero-order valence-electron chi connectivity index (χ0n) is 13.1. The molecule has 2 aromatic rings. The van der Waals surface area contributed by atoms with Crippen molar-refractivity contribution >= 4 is 23.3 Å². The average molecular weight is 335 g/mol. The summed E-state index contributed by atoms with van der Waals surface area (Å²) in [4.78, 5) is 14.5. The molecule has 0 spiro atoms. The van der Waals surface area contributed by atoms with Crippen molar-refractivity contribution in [1.82, 2.24) is 15.1 Å². The summed E-state index contributed by atoms with van der Waals surface area (Å²) in [5.74, 6) is 0.304. The van der Waals surface area contributed by atoms with Gasteiger partial charge in [-0.15, -0.1) is 0 Å². The summed E-state index contributed by atoms with van der Waals surface area (Å²) in [7, 11) is 1.97. The van der Waals surface area contributed by atoms with Gasteiger partial charge in [-0.05, 0) is 31.7 Å². The number of likely N-dealkylation sites (N-methyl/N-ethyl adjacent to an activating group) is 1. The predicted molar refractivity (Wildman–Crippen MR) is 89.6 cm³/mol. The predicted octanol–water partition coefficient (Wildman–Crippen LogP) is 2.31. The van der Waals surface area contributed by atoms with Crippen molar-refractivity contribution in [2.24, 2.45) is 0 Å². The molecule has 0 aliphatic carbocycles. The number of ether oxygens (including phenoxy) is 1. The highest BCUT2D eigenvalue weighted by Crippen LogP contribution is 2.31. The molecule has 23 heavy (non-hydrogen) atoms. The Labute approximate surface area is 139 Å². The number of nitrogens with zero attached hydrogens (tertiary/aromatic N) is 2. The van der Waals surface area contributed by atoms with E-state index in [1.165, 1.54) is 0 Å². The molecule has 122 valence electrons. The molecule has 1 saturated heterocycles. The van der Waals surface area contributed by atoms with Crippen LogP contribution in [0.1, 0.15) is 5.69 Å². The standard InChI is InChI=1S/C16H19ClN4O2/c1-10-14(11-4-3-5-12(17)8-11)15(20-19-10)18-16(22)13-9-21(2)6-7-23-13/h3-5,8,13H,6-7,9H2,1-2H3,(H2,18,19,20,22)/t13-/m0/s1. The number of amides is 1. The Morgan fingerprint density at radius 3 is 3.09 bits per heavy atom. The van der Waals surface area contributed by atoms with E-state index in [-0.39, 0.29) is 5.91 Å². The van der Waals surface area contributed by atoms with E-state index < -0.39 is 6.10 Å². The van der Waals surface area contributed by atoms with Gasteiger partial charge >= 0.3 is 0 Å². The molecule has 3 rings (SSSR count). The van der Waals surface area contributed by atoms with Crippen LogP contribution in [0.4, 0.5) is 5.82 Å². The lowest BCUT2D eigenvalue weighted by Gasteiger charge is -2.28. The molecule has 0 bridgehead atoms. The smallest absolute Gasteiger partial charge is 0.256 e. The third-order valence-electron chi connectivity index (χ3n) is 3.86. The van der Waals surface area contributed by atoms with Crippen LogP contribution in [-0.4, -0.2) is 53.9 Å². The van der Waals surface area contributed by atoms with Crippen molar-refractivity contribution in [2.75, 3.05) is 32.1 Å². The van der Waals surface area contributed by atoms with Gasteiger partial charge in [0.1, 0.15) is 6.10 Å². The number of halogens is 1. The van der Waals surface area contributed by atoms with Gasteiger partial charge in [0.15, 0.2) is 5.82 Å². The van der Waals surface area contributed by atoms with E-state index in [2.05, 4.69) is 20.4 Å². The van der Waals surface area contributed by atoms with Gasteiger partial charge < -0.3 is 15.0 Å². The molecule has 6 nitrogen and oxygen atoms in total. The molecule has 1 amide bonds. The van der Waals surface area contributed by atoms with E-state index in [4.69, 9.17) is 16.3 Å². The average Bonchev–Trinajstić information content (AvgIpc) is 2.88. The number of H-pyrrole nitrogens is 1. The van der Waals surface area contributed by atoms with Gasteiger partial charge in [0.05, 0.1) is 6.61 Å². The number of morpholine rings is 1. The highest BCUT2D eigenvalue weighted by atomic mass is 35.5. The van der Waals surface area contributed by atoms with E-state index in [0.29, 0.717) is 24.0 Å². The van der Waals surface area contributed by atoms with E-state index in [0.717, 1.165) is 23.4 Å². The van der Waals surface area contributed by atoms with Crippen molar-refractivity contribution in [3.63, 3.8) is 0 Å². The third kappa shape index (κ3) is 3.55. The van der Waals surface area contributed by atoms with Crippen molar-refractivity contribution in [1.29, 1.82) is 0 Å². The van der Waals surface area contributed by atoms with Crippen LogP contribution in [0.2, 0.25) is 5.02 Å². The van der Waals surface area contributed by atoms with Gasteiger partial charge in [-0.3, -0.25) is 9.89 Å². The monoisotopic (exact) mass is 334 g/mol. The first-order chi connectivity index (χ1) is 11.0. The fourth-order valence-corrected chi connectivity index (χ4v) is 2.84. The number of hydrogen-bond acceptors (Lipinski definition) is 4. The molecule has 1 aromatic heterocycles. The maximum atomic E-state index is 12.4. The molecule has 1 fully saturated rings. The molecule has 0 unspecified atom stereocenters. The van der Waals surface area contributed by atoms with Crippen LogP contribution < -0.4 is 5.32 Å². The Balaban J connectivity index is 1.83. The summed E-state index contributed by atoms with van der Waals surface area (Å²) in [5.41, 5.74) is 2.61. The Morgan fingerprint density at radius 1 is 1.52 bits per heavy atom. The second kappa shape index (κ2) is 6.70. The molecule has 0 saturated carbocycles. The molecular formula is C16H19ClN4O2. The summed E-state index contributed by atoms with van der Waals surface area (Å²) < 4.78 is 5.54. The molecule has 2 heterocycles. The number of carbonyl (C=O) groups is 1. The number of nitrogens with one attached hydrogen (secondary N) is 2. The van der Waals surface area contributed by atoms with Crippen LogP contribution in [0.15, 0.2) is 24.3 Å². The lowest BCUT2D eigenvalue weighted by atomic mass is 10.1. The molecular weight excluding hydrogens is 316 g/mol. The van der Waals surface area contributed by atoms with Crippen LogP contribution in [0.25, 0.3) is 11.1 Å². The van der Waals surface area contributed by atoms with E-state index in [1.807, 2.05) is 38.2 Å². The minimum atomic E-state index is -0.488. The summed E-state index contributed by atoms with van der Waals surface area (Å²) >= 11 is 6.07. The Morgan fingerprint density at radius 2 is 2.35 bits per heavy atom. The zero-order valence-corrected chi connectivity index (χ0v) is 13.9. The van der Waals surface area contributed by atoms with Gasteiger partial charge in [-0.25, -0.2) is 0 Å². The molecule has 1 aliphatic heterocycles. The summed E-state index contributed by atoms with van der Waals surface area (Å²) in [6.45, 7) is 3.86. The largest absolute Gasteiger partial charge is 0.366 e. The maximum absolute atomic E-state index is 12.4. The lowest BCUT2D eigenvalue weighted by molar-refractivity contribution is -0.132. The first-order valence-electron chi connectivity index (χ1n) is 7.46. The van der Waals surface area contributed by atoms with Crippen molar-refractivity contribution < 1.29 is 9.53 Å². The van der Waals surface area contributed by atoms with Gasteiger partial charge in [0.2, 0.25) is 0 Å². The second-order valence-electron chi connectivity index (χ2n) is 5.69. The number of rotatable bonds is 3. The number of carbonyl (C=O) groups excluding carboxylic acids is 1. The van der Waals surface area contributed by atoms with E-state index >= 15 is 0 Å². The molecule has 7 heteroatoms.